The van der Waals surface area contributed by atoms with Crippen molar-refractivity contribution in [1.29, 1.82) is 0 Å². The topological polar surface area (TPSA) is 0 Å². The standard InChI is InChI=1S/C40H52/c1-9-25-10-2-21(1)31-32-22-3-11-26(12-4-22)36(32)39(35(25)31)29-17-19-30(20-18-29)40-37-27-13-5-23(6-14-27)33(37)34-24-7-15-28(16-8-24)38(34)40/h21-30,39-40H,1-20H2. The van der Waals surface area contributed by atoms with E-state index in [4.69, 9.17) is 0 Å². The highest BCUT2D eigenvalue weighted by molar-refractivity contribution is 5.59. The summed E-state index contributed by atoms with van der Waals surface area (Å²) in [7, 11) is 0. The van der Waals surface area contributed by atoms with E-state index in [0.29, 0.717) is 0 Å². The van der Waals surface area contributed by atoms with Crippen molar-refractivity contribution in [2.75, 3.05) is 0 Å². The van der Waals surface area contributed by atoms with E-state index in [1.54, 1.807) is 77.0 Å². The number of fused-ring (bicyclic) bond motifs is 8. The van der Waals surface area contributed by atoms with Crippen LogP contribution in [0.4, 0.5) is 0 Å². The number of allylic oxidation sites excluding steroid dienone is 8. The van der Waals surface area contributed by atoms with Crippen LogP contribution in [-0.4, -0.2) is 0 Å². The van der Waals surface area contributed by atoms with Gasteiger partial charge < -0.3 is 0 Å². The predicted molar refractivity (Wildman–Crippen MR) is 162 cm³/mol. The molecule has 0 radical (unpaired) electrons. The molecule has 0 aromatic heterocycles. The van der Waals surface area contributed by atoms with E-state index in [1.165, 1.54) is 51.4 Å². The molecule has 0 spiro atoms. The predicted octanol–water partition coefficient (Wildman–Crippen LogP) is 10.5. The van der Waals surface area contributed by atoms with Gasteiger partial charge >= 0.3 is 0 Å². The summed E-state index contributed by atoms with van der Waals surface area (Å²) in [5, 5.41) is 0. The van der Waals surface area contributed by atoms with Gasteiger partial charge in [-0.15, -0.1) is 0 Å². The molecule has 0 unspecified atom stereocenters. The van der Waals surface area contributed by atoms with Crippen LogP contribution in [0.5, 0.6) is 0 Å². The van der Waals surface area contributed by atoms with Gasteiger partial charge in [-0.2, -0.15) is 0 Å². The van der Waals surface area contributed by atoms with Gasteiger partial charge in [-0.3, -0.25) is 0 Å². The van der Waals surface area contributed by atoms with Gasteiger partial charge in [0.1, 0.15) is 0 Å². The Morgan fingerprint density at radius 2 is 0.425 bits per heavy atom. The first kappa shape index (κ1) is 23.4. The Morgan fingerprint density at radius 3 is 0.650 bits per heavy atom. The van der Waals surface area contributed by atoms with E-state index in [0.717, 1.165) is 71.0 Å². The first-order valence-corrected chi connectivity index (χ1v) is 18.8. The van der Waals surface area contributed by atoms with Crippen LogP contribution in [0.2, 0.25) is 0 Å². The molecule has 0 saturated heterocycles. The van der Waals surface area contributed by atoms with Crippen molar-refractivity contribution in [2.45, 2.75) is 128 Å². The molecule has 0 aliphatic heterocycles. The zero-order valence-corrected chi connectivity index (χ0v) is 25.1. The third-order valence-electron chi connectivity index (χ3n) is 16.2. The maximum Gasteiger partial charge on any atom is 0.00528 e. The van der Waals surface area contributed by atoms with Gasteiger partial charge in [-0.25, -0.2) is 0 Å². The van der Waals surface area contributed by atoms with Crippen molar-refractivity contribution in [3.05, 3.63) is 44.6 Å². The highest BCUT2D eigenvalue weighted by Gasteiger charge is 2.56. The minimum atomic E-state index is 0.927. The Labute approximate surface area is 243 Å². The summed E-state index contributed by atoms with van der Waals surface area (Å²) in [6, 6.07) is 0. The van der Waals surface area contributed by atoms with Crippen molar-refractivity contribution in [3.8, 4) is 0 Å². The van der Waals surface area contributed by atoms with Crippen LogP contribution in [0.15, 0.2) is 44.6 Å². The van der Waals surface area contributed by atoms with Gasteiger partial charge in [0.15, 0.2) is 0 Å². The van der Waals surface area contributed by atoms with Crippen molar-refractivity contribution in [1.82, 2.24) is 0 Å². The first-order chi connectivity index (χ1) is 19.8. The molecule has 0 heterocycles. The Bertz CT molecular complexity index is 1070. The molecule has 5 fully saturated rings. The summed E-state index contributed by atoms with van der Waals surface area (Å²) < 4.78 is 0. The lowest BCUT2D eigenvalue weighted by Crippen LogP contribution is -2.36. The van der Waals surface area contributed by atoms with Crippen LogP contribution in [0.3, 0.4) is 0 Å². The summed E-state index contributed by atoms with van der Waals surface area (Å²) in [6.45, 7) is 0. The zero-order chi connectivity index (χ0) is 25.7. The van der Waals surface area contributed by atoms with Crippen molar-refractivity contribution in [3.63, 3.8) is 0 Å². The monoisotopic (exact) mass is 532 g/mol. The molecule has 0 nitrogen and oxygen atoms in total. The summed E-state index contributed by atoms with van der Waals surface area (Å²) in [6.07, 6.45) is 31.0. The molecule has 15 aliphatic carbocycles. The van der Waals surface area contributed by atoms with Crippen LogP contribution in [-0.2, 0) is 0 Å². The van der Waals surface area contributed by atoms with Crippen LogP contribution in [0.1, 0.15) is 128 Å². The Kier molecular flexibility index (Phi) is 4.87. The summed E-state index contributed by atoms with van der Waals surface area (Å²) in [4.78, 5) is 0. The van der Waals surface area contributed by atoms with E-state index in [1.807, 2.05) is 0 Å². The minimum absolute atomic E-state index is 0.927. The van der Waals surface area contributed by atoms with Gasteiger partial charge in [0.05, 0.1) is 0 Å². The normalized spacial score (nSPS) is 51.6. The molecular weight excluding hydrogens is 480 g/mol. The Hall–Kier alpha value is -1.04. The molecule has 15 aliphatic rings. The third kappa shape index (κ3) is 2.87. The molecule has 0 aromatic carbocycles. The van der Waals surface area contributed by atoms with Gasteiger partial charge in [-0.05, 0) is 210 Å². The van der Waals surface area contributed by atoms with Crippen LogP contribution in [0.25, 0.3) is 0 Å². The second-order valence-corrected chi connectivity index (χ2v) is 17.3. The molecule has 0 aromatic rings. The molecule has 15 rings (SSSR count). The summed E-state index contributed by atoms with van der Waals surface area (Å²) in [5.41, 5.74) is 16.7. The molecule has 0 amide bonds. The third-order valence-corrected chi connectivity index (χ3v) is 16.2. The summed E-state index contributed by atoms with van der Waals surface area (Å²) in [5.74, 6) is 11.7. The molecular formula is C40H52. The maximum atomic E-state index is 2.11. The van der Waals surface area contributed by atoms with Gasteiger partial charge in [0.2, 0.25) is 0 Å². The van der Waals surface area contributed by atoms with Gasteiger partial charge in [0.25, 0.3) is 0 Å². The van der Waals surface area contributed by atoms with E-state index < -0.39 is 0 Å². The second-order valence-electron chi connectivity index (χ2n) is 17.3. The van der Waals surface area contributed by atoms with Crippen LogP contribution < -0.4 is 0 Å². The lowest BCUT2D eigenvalue weighted by Gasteiger charge is -2.46. The zero-order valence-electron chi connectivity index (χ0n) is 25.1. The molecule has 40 heavy (non-hydrogen) atoms. The Morgan fingerprint density at radius 1 is 0.225 bits per heavy atom. The lowest BCUT2D eigenvalue weighted by atomic mass is 9.58. The number of hydrogen-bond donors (Lipinski definition) is 0. The van der Waals surface area contributed by atoms with Crippen molar-refractivity contribution in [2.24, 2.45) is 71.0 Å². The molecule has 0 atom stereocenters. The van der Waals surface area contributed by atoms with Crippen LogP contribution >= 0.6 is 0 Å². The number of hydrogen-bond acceptors (Lipinski definition) is 0. The molecule has 0 N–H and O–H groups in total. The minimum Gasteiger partial charge on any atom is -0.0559 e. The fraction of sp³-hybridized carbons (Fsp3) is 0.800. The van der Waals surface area contributed by atoms with Gasteiger partial charge in [-0.1, -0.05) is 22.3 Å². The van der Waals surface area contributed by atoms with E-state index >= 15 is 0 Å². The Balaban J connectivity index is 0.941. The quantitative estimate of drug-likeness (QED) is 0.332. The maximum absolute atomic E-state index is 2.11. The van der Waals surface area contributed by atoms with E-state index in [-0.39, 0.29) is 0 Å². The smallest absolute Gasteiger partial charge is 0.00528 e. The van der Waals surface area contributed by atoms with E-state index in [2.05, 4.69) is 44.6 Å². The average Bonchev–Trinajstić information content (AvgIpc) is 3.64. The SMILES string of the molecule is C1CC2CCC1C1=C2C(C2CCC(C3C4=C(C5=C3C3CCC5CC3)C3CCC4CC3)CC2)C2=C1C1CCC2CC1. The fourth-order valence-corrected chi connectivity index (χ4v) is 14.9. The highest BCUT2D eigenvalue weighted by Crippen LogP contribution is 2.68. The summed E-state index contributed by atoms with van der Waals surface area (Å²) >= 11 is 0. The largest absolute Gasteiger partial charge is 0.0559 e. The van der Waals surface area contributed by atoms with E-state index in [9.17, 15) is 0 Å². The molecule has 5 saturated carbocycles. The van der Waals surface area contributed by atoms with Crippen LogP contribution in [0, 0.1) is 71.0 Å². The average molecular weight is 533 g/mol. The number of rotatable bonds is 2. The van der Waals surface area contributed by atoms with Crippen molar-refractivity contribution >= 4 is 0 Å². The molecule has 8 bridgehead atoms. The first-order valence-electron chi connectivity index (χ1n) is 18.8. The second kappa shape index (κ2) is 8.32. The molecule has 212 valence electrons. The lowest BCUT2D eigenvalue weighted by molar-refractivity contribution is 0.168. The van der Waals surface area contributed by atoms with Crippen molar-refractivity contribution < 1.29 is 0 Å². The molecule has 0 heteroatoms. The van der Waals surface area contributed by atoms with Gasteiger partial charge in [0, 0.05) is 11.8 Å². The fourth-order valence-electron chi connectivity index (χ4n) is 14.9. The highest BCUT2D eigenvalue weighted by atomic mass is 14.6.